The van der Waals surface area contributed by atoms with Crippen LogP contribution in [0.1, 0.15) is 39.9 Å². The van der Waals surface area contributed by atoms with Crippen molar-refractivity contribution in [2.24, 2.45) is 5.92 Å². The van der Waals surface area contributed by atoms with Crippen molar-refractivity contribution in [2.45, 2.75) is 18.4 Å². The van der Waals surface area contributed by atoms with Gasteiger partial charge in [-0.2, -0.15) is 0 Å². The van der Waals surface area contributed by atoms with Crippen LogP contribution in [-0.2, 0) is 0 Å². The lowest BCUT2D eigenvalue weighted by atomic mass is 9.75. The van der Waals surface area contributed by atoms with Gasteiger partial charge in [0.05, 0.1) is 22.3 Å². The van der Waals surface area contributed by atoms with Gasteiger partial charge in [-0.05, 0) is 36.1 Å². The lowest BCUT2D eigenvalue weighted by Crippen LogP contribution is -2.31. The quantitative estimate of drug-likeness (QED) is 0.754. The predicted molar refractivity (Wildman–Crippen MR) is 91.2 cm³/mol. The lowest BCUT2D eigenvalue weighted by Gasteiger charge is -2.38. The highest BCUT2D eigenvalue weighted by molar-refractivity contribution is 6.33. The summed E-state index contributed by atoms with van der Waals surface area (Å²) in [6, 6.07) is 9.55. The number of hydrogen-bond donors (Lipinski definition) is 2. The largest absolute Gasteiger partial charge is 0.478 e. The maximum absolute atomic E-state index is 14.3. The molecule has 1 heterocycles. The Morgan fingerprint density at radius 2 is 2.04 bits per heavy atom. The van der Waals surface area contributed by atoms with E-state index in [1.807, 2.05) is 18.2 Å². The maximum atomic E-state index is 14.3. The van der Waals surface area contributed by atoms with Crippen LogP contribution in [0.2, 0.25) is 5.02 Å². The van der Waals surface area contributed by atoms with E-state index in [0.717, 1.165) is 6.42 Å². The summed E-state index contributed by atoms with van der Waals surface area (Å²) in [7, 11) is 0. The fraction of sp³-hybridized carbons (Fsp3) is 0.211. The van der Waals surface area contributed by atoms with Gasteiger partial charge in [0, 0.05) is 11.5 Å². The molecule has 0 saturated carbocycles. The molecule has 0 radical (unpaired) electrons. The van der Waals surface area contributed by atoms with Crippen molar-refractivity contribution >= 4 is 23.3 Å². The van der Waals surface area contributed by atoms with Crippen LogP contribution in [0.5, 0.6) is 0 Å². The van der Waals surface area contributed by atoms with Crippen molar-refractivity contribution in [3.05, 3.63) is 76.1 Å². The minimum atomic E-state index is -0.979. The minimum absolute atomic E-state index is 0.0611. The first kappa shape index (κ1) is 15.2. The van der Waals surface area contributed by atoms with Crippen LogP contribution < -0.4 is 5.32 Å². The SMILES string of the molecule is O=C(O)c1ccc(Cl)c2c1[C@H]1C=CC[C@@H]1[C@@H](c1ccccc1F)N2. The third-order valence-corrected chi connectivity index (χ3v) is 5.25. The molecular weight excluding hydrogens is 329 g/mol. The Morgan fingerprint density at radius 1 is 1.25 bits per heavy atom. The Balaban J connectivity index is 1.90. The Bertz CT molecular complexity index is 864. The van der Waals surface area contributed by atoms with Crippen LogP contribution in [-0.4, -0.2) is 11.1 Å². The van der Waals surface area contributed by atoms with E-state index >= 15 is 0 Å². The van der Waals surface area contributed by atoms with Gasteiger partial charge in [-0.25, -0.2) is 9.18 Å². The second kappa shape index (κ2) is 5.64. The molecule has 3 atom stereocenters. The van der Waals surface area contributed by atoms with Gasteiger partial charge in [0.15, 0.2) is 0 Å². The first-order chi connectivity index (χ1) is 11.6. The Morgan fingerprint density at radius 3 is 2.79 bits per heavy atom. The Kier molecular flexibility index (Phi) is 3.57. The molecule has 122 valence electrons. The van der Waals surface area contributed by atoms with Crippen LogP contribution >= 0.6 is 11.6 Å². The van der Waals surface area contributed by atoms with E-state index in [-0.39, 0.29) is 29.3 Å². The van der Waals surface area contributed by atoms with E-state index in [0.29, 0.717) is 21.8 Å². The number of rotatable bonds is 2. The van der Waals surface area contributed by atoms with Crippen LogP contribution in [0.25, 0.3) is 0 Å². The molecule has 2 N–H and O–H groups in total. The van der Waals surface area contributed by atoms with Crippen molar-refractivity contribution < 1.29 is 14.3 Å². The van der Waals surface area contributed by atoms with Gasteiger partial charge in [-0.3, -0.25) is 0 Å². The molecule has 3 nitrogen and oxygen atoms in total. The number of benzene rings is 2. The maximum Gasteiger partial charge on any atom is 0.336 e. The number of carbonyl (C=O) groups is 1. The molecule has 24 heavy (non-hydrogen) atoms. The summed E-state index contributed by atoms with van der Waals surface area (Å²) in [4.78, 5) is 11.6. The van der Waals surface area contributed by atoms with Gasteiger partial charge in [0.2, 0.25) is 0 Å². The molecular formula is C19H15ClFNO2. The van der Waals surface area contributed by atoms with E-state index in [1.54, 1.807) is 18.2 Å². The van der Waals surface area contributed by atoms with Crippen molar-refractivity contribution in [1.29, 1.82) is 0 Å². The standard InChI is InChI=1S/C19H15ClFNO2/c20-14-9-8-13(19(23)24)16-10-5-3-6-11(10)17(22-18(14)16)12-4-1-2-7-15(12)21/h1-5,7-11,17,22H,6H2,(H,23,24)/t10-,11-,17-/m0/s1. The third kappa shape index (κ3) is 2.21. The zero-order chi connectivity index (χ0) is 16.8. The number of anilines is 1. The monoisotopic (exact) mass is 343 g/mol. The van der Waals surface area contributed by atoms with Gasteiger partial charge in [0.1, 0.15) is 5.82 Å². The molecule has 2 aromatic carbocycles. The predicted octanol–water partition coefficient (Wildman–Crippen LogP) is 5.00. The lowest BCUT2D eigenvalue weighted by molar-refractivity contribution is 0.0695. The van der Waals surface area contributed by atoms with E-state index in [9.17, 15) is 14.3 Å². The Hall–Kier alpha value is -2.33. The van der Waals surface area contributed by atoms with Gasteiger partial charge in [-0.15, -0.1) is 0 Å². The van der Waals surface area contributed by atoms with Crippen molar-refractivity contribution in [3.63, 3.8) is 0 Å². The number of aromatic carboxylic acids is 1. The zero-order valence-electron chi connectivity index (χ0n) is 12.7. The fourth-order valence-electron chi connectivity index (χ4n) is 3.90. The number of fused-ring (bicyclic) bond motifs is 3. The van der Waals surface area contributed by atoms with Gasteiger partial charge in [0.25, 0.3) is 0 Å². The van der Waals surface area contributed by atoms with Crippen LogP contribution in [0.4, 0.5) is 10.1 Å². The summed E-state index contributed by atoms with van der Waals surface area (Å²) in [5, 5.41) is 13.3. The molecule has 0 amide bonds. The second-order valence-electron chi connectivity index (χ2n) is 6.19. The van der Waals surface area contributed by atoms with Crippen molar-refractivity contribution in [2.75, 3.05) is 5.32 Å². The molecule has 0 aromatic heterocycles. The molecule has 1 aliphatic carbocycles. The molecule has 0 fully saturated rings. The normalized spacial score (nSPS) is 24.2. The smallest absolute Gasteiger partial charge is 0.336 e. The number of hydrogen-bond acceptors (Lipinski definition) is 2. The fourth-order valence-corrected chi connectivity index (χ4v) is 4.12. The summed E-state index contributed by atoms with van der Waals surface area (Å²) in [6.45, 7) is 0. The highest BCUT2D eigenvalue weighted by Gasteiger charge is 2.41. The number of nitrogens with one attached hydrogen (secondary N) is 1. The molecule has 2 aliphatic rings. The van der Waals surface area contributed by atoms with Crippen molar-refractivity contribution in [1.82, 2.24) is 0 Å². The average Bonchev–Trinajstić information content (AvgIpc) is 3.05. The van der Waals surface area contributed by atoms with Crippen LogP contribution in [0.15, 0.2) is 48.6 Å². The first-order valence-corrected chi connectivity index (χ1v) is 8.19. The van der Waals surface area contributed by atoms with Gasteiger partial charge in [-0.1, -0.05) is 42.0 Å². The molecule has 1 aliphatic heterocycles. The summed E-state index contributed by atoms with van der Waals surface area (Å²) in [5.74, 6) is -1.27. The average molecular weight is 344 g/mol. The number of allylic oxidation sites excluding steroid dienone is 2. The van der Waals surface area contributed by atoms with E-state index < -0.39 is 5.97 Å². The molecule has 0 unspecified atom stereocenters. The first-order valence-electron chi connectivity index (χ1n) is 7.81. The Labute approximate surface area is 143 Å². The summed E-state index contributed by atoms with van der Waals surface area (Å²) >= 11 is 6.33. The topological polar surface area (TPSA) is 49.3 Å². The second-order valence-corrected chi connectivity index (χ2v) is 6.59. The highest BCUT2D eigenvalue weighted by atomic mass is 35.5. The van der Waals surface area contributed by atoms with Gasteiger partial charge < -0.3 is 10.4 Å². The summed E-state index contributed by atoms with van der Waals surface area (Å²) in [5.41, 5.74) is 2.12. The molecule has 2 aromatic rings. The number of carboxylic acid groups (broad SMARTS) is 1. The molecule has 0 saturated heterocycles. The minimum Gasteiger partial charge on any atom is -0.478 e. The number of carboxylic acids is 1. The molecule has 4 rings (SSSR count). The van der Waals surface area contributed by atoms with Crippen LogP contribution in [0.3, 0.4) is 0 Å². The van der Waals surface area contributed by atoms with Crippen molar-refractivity contribution in [3.8, 4) is 0 Å². The van der Waals surface area contributed by atoms with Gasteiger partial charge >= 0.3 is 5.97 Å². The molecule has 0 bridgehead atoms. The molecule has 5 heteroatoms. The number of halogens is 2. The molecule has 0 spiro atoms. The van der Waals surface area contributed by atoms with E-state index in [1.165, 1.54) is 12.1 Å². The zero-order valence-corrected chi connectivity index (χ0v) is 13.4. The van der Waals surface area contributed by atoms with E-state index in [2.05, 4.69) is 5.32 Å². The highest BCUT2D eigenvalue weighted by Crippen LogP contribution is 2.52. The summed E-state index contributed by atoms with van der Waals surface area (Å²) in [6.07, 6.45) is 4.81. The summed E-state index contributed by atoms with van der Waals surface area (Å²) < 4.78 is 14.3. The van der Waals surface area contributed by atoms with E-state index in [4.69, 9.17) is 11.6 Å². The third-order valence-electron chi connectivity index (χ3n) is 4.94. The van der Waals surface area contributed by atoms with Crippen LogP contribution in [0, 0.1) is 11.7 Å².